The third kappa shape index (κ3) is 4.23. The van der Waals surface area contributed by atoms with Gasteiger partial charge in [-0.3, -0.25) is 4.79 Å². The minimum atomic E-state index is -0.000428. The quantitative estimate of drug-likeness (QED) is 0.744. The maximum absolute atomic E-state index is 12.0. The standard InChI is InChI=1S/C16H25N3O/c1-12(2)15(19-13-7-4-3-5-8-13)11-18-16(20)14-9-6-10-17-14/h3-5,7-8,12,14-15,17,19H,6,9-11H2,1-2H3,(H,18,20). The van der Waals surface area contributed by atoms with Gasteiger partial charge in [0.2, 0.25) is 5.91 Å². The first-order chi connectivity index (χ1) is 9.66. The summed E-state index contributed by atoms with van der Waals surface area (Å²) < 4.78 is 0. The molecule has 2 unspecified atom stereocenters. The monoisotopic (exact) mass is 275 g/mol. The molecule has 1 aliphatic rings. The number of nitrogens with one attached hydrogen (secondary N) is 3. The number of hydrogen-bond donors (Lipinski definition) is 3. The van der Waals surface area contributed by atoms with Crippen molar-refractivity contribution in [3.05, 3.63) is 30.3 Å². The molecule has 110 valence electrons. The molecule has 20 heavy (non-hydrogen) atoms. The number of hydrogen-bond acceptors (Lipinski definition) is 3. The van der Waals surface area contributed by atoms with Crippen LogP contribution in [0.3, 0.4) is 0 Å². The number of para-hydroxylation sites is 1. The highest BCUT2D eigenvalue weighted by atomic mass is 16.2. The van der Waals surface area contributed by atoms with Gasteiger partial charge in [0, 0.05) is 18.3 Å². The largest absolute Gasteiger partial charge is 0.380 e. The van der Waals surface area contributed by atoms with Crippen LogP contribution in [0.15, 0.2) is 30.3 Å². The van der Waals surface area contributed by atoms with Crippen LogP contribution in [0.4, 0.5) is 5.69 Å². The van der Waals surface area contributed by atoms with Gasteiger partial charge in [-0.25, -0.2) is 0 Å². The van der Waals surface area contributed by atoms with Crippen LogP contribution >= 0.6 is 0 Å². The van der Waals surface area contributed by atoms with Crippen LogP contribution in [0.5, 0.6) is 0 Å². The summed E-state index contributed by atoms with van der Waals surface area (Å²) in [5.41, 5.74) is 1.10. The topological polar surface area (TPSA) is 53.2 Å². The van der Waals surface area contributed by atoms with Crippen molar-refractivity contribution in [2.45, 2.75) is 38.8 Å². The fourth-order valence-corrected chi connectivity index (χ4v) is 2.44. The van der Waals surface area contributed by atoms with E-state index in [-0.39, 0.29) is 18.0 Å². The lowest BCUT2D eigenvalue weighted by molar-refractivity contribution is -0.122. The molecule has 1 fully saturated rings. The molecule has 4 nitrogen and oxygen atoms in total. The molecule has 0 bridgehead atoms. The van der Waals surface area contributed by atoms with E-state index in [9.17, 15) is 4.79 Å². The maximum atomic E-state index is 12.0. The van der Waals surface area contributed by atoms with Crippen molar-refractivity contribution in [2.24, 2.45) is 5.92 Å². The first kappa shape index (κ1) is 14.9. The Hall–Kier alpha value is -1.55. The Balaban J connectivity index is 1.84. The number of carbonyl (C=O) groups excluding carboxylic acids is 1. The van der Waals surface area contributed by atoms with Gasteiger partial charge in [0.05, 0.1) is 6.04 Å². The van der Waals surface area contributed by atoms with Crippen molar-refractivity contribution in [1.29, 1.82) is 0 Å². The summed E-state index contributed by atoms with van der Waals surface area (Å²) in [5, 5.41) is 9.78. The smallest absolute Gasteiger partial charge is 0.237 e. The second kappa shape index (κ2) is 7.29. The molecular weight excluding hydrogens is 250 g/mol. The van der Waals surface area contributed by atoms with Crippen LogP contribution in [0, 0.1) is 5.92 Å². The van der Waals surface area contributed by atoms with Gasteiger partial charge in [-0.05, 0) is 37.4 Å². The summed E-state index contributed by atoms with van der Waals surface area (Å²) in [6.07, 6.45) is 2.04. The molecule has 1 aromatic rings. The third-order valence-corrected chi connectivity index (χ3v) is 3.80. The van der Waals surface area contributed by atoms with Gasteiger partial charge < -0.3 is 16.0 Å². The zero-order valence-electron chi connectivity index (χ0n) is 12.4. The molecule has 2 atom stereocenters. The van der Waals surface area contributed by atoms with E-state index in [4.69, 9.17) is 0 Å². The number of anilines is 1. The van der Waals surface area contributed by atoms with Crippen molar-refractivity contribution in [1.82, 2.24) is 10.6 Å². The fraction of sp³-hybridized carbons (Fsp3) is 0.562. The molecule has 0 saturated carbocycles. The van der Waals surface area contributed by atoms with Crippen molar-refractivity contribution in [3.8, 4) is 0 Å². The predicted molar refractivity (Wildman–Crippen MR) is 82.7 cm³/mol. The van der Waals surface area contributed by atoms with Gasteiger partial charge in [-0.2, -0.15) is 0 Å². The lowest BCUT2D eigenvalue weighted by Crippen LogP contribution is -2.46. The van der Waals surface area contributed by atoms with Gasteiger partial charge in [0.1, 0.15) is 0 Å². The summed E-state index contributed by atoms with van der Waals surface area (Å²) in [7, 11) is 0. The molecule has 1 aliphatic heterocycles. The highest BCUT2D eigenvalue weighted by Crippen LogP contribution is 2.12. The summed E-state index contributed by atoms with van der Waals surface area (Å²) in [4.78, 5) is 12.0. The molecular formula is C16H25N3O. The highest BCUT2D eigenvalue weighted by Gasteiger charge is 2.23. The average Bonchev–Trinajstić information content (AvgIpc) is 2.98. The molecule has 0 radical (unpaired) electrons. The molecule has 0 aromatic heterocycles. The number of benzene rings is 1. The Bertz CT molecular complexity index is 413. The van der Waals surface area contributed by atoms with Crippen molar-refractivity contribution in [2.75, 3.05) is 18.4 Å². The second-order valence-corrected chi connectivity index (χ2v) is 5.75. The van der Waals surface area contributed by atoms with Gasteiger partial charge in [-0.15, -0.1) is 0 Å². The average molecular weight is 275 g/mol. The Kier molecular flexibility index (Phi) is 5.41. The van der Waals surface area contributed by atoms with E-state index in [0.717, 1.165) is 25.1 Å². The number of carbonyl (C=O) groups is 1. The minimum Gasteiger partial charge on any atom is -0.380 e. The van der Waals surface area contributed by atoms with Gasteiger partial charge in [-0.1, -0.05) is 32.0 Å². The molecule has 3 N–H and O–H groups in total. The first-order valence-corrected chi connectivity index (χ1v) is 7.49. The third-order valence-electron chi connectivity index (χ3n) is 3.80. The molecule has 1 heterocycles. The molecule has 4 heteroatoms. The number of amides is 1. The zero-order valence-corrected chi connectivity index (χ0v) is 12.4. The van der Waals surface area contributed by atoms with Gasteiger partial charge >= 0.3 is 0 Å². The Morgan fingerprint density at radius 3 is 2.70 bits per heavy atom. The van der Waals surface area contributed by atoms with Crippen LogP contribution in [0.1, 0.15) is 26.7 Å². The molecule has 0 spiro atoms. The van der Waals surface area contributed by atoms with Crippen LogP contribution in [0.25, 0.3) is 0 Å². The van der Waals surface area contributed by atoms with Crippen LogP contribution in [-0.2, 0) is 4.79 Å². The van der Waals surface area contributed by atoms with Crippen LogP contribution in [-0.4, -0.2) is 31.1 Å². The van der Waals surface area contributed by atoms with E-state index < -0.39 is 0 Å². The van der Waals surface area contributed by atoms with Gasteiger partial charge in [0.25, 0.3) is 0 Å². The zero-order chi connectivity index (χ0) is 14.4. The molecule has 1 amide bonds. The summed E-state index contributed by atoms with van der Waals surface area (Å²) in [5.74, 6) is 0.579. The molecule has 2 rings (SSSR count). The van der Waals surface area contributed by atoms with Gasteiger partial charge in [0.15, 0.2) is 0 Å². The summed E-state index contributed by atoms with van der Waals surface area (Å²) in [6, 6.07) is 10.4. The van der Waals surface area contributed by atoms with E-state index >= 15 is 0 Å². The van der Waals surface area contributed by atoms with Crippen molar-refractivity contribution >= 4 is 11.6 Å². The lowest BCUT2D eigenvalue weighted by atomic mass is 10.0. The SMILES string of the molecule is CC(C)C(CNC(=O)C1CCCN1)Nc1ccccc1. The minimum absolute atomic E-state index is 0.000428. The number of rotatable bonds is 6. The van der Waals surface area contributed by atoms with E-state index in [0.29, 0.717) is 12.5 Å². The highest BCUT2D eigenvalue weighted by molar-refractivity contribution is 5.82. The molecule has 0 aliphatic carbocycles. The predicted octanol–water partition coefficient (Wildman–Crippen LogP) is 1.99. The Morgan fingerprint density at radius 2 is 2.10 bits per heavy atom. The van der Waals surface area contributed by atoms with Crippen LogP contribution in [0.2, 0.25) is 0 Å². The fourth-order valence-electron chi connectivity index (χ4n) is 2.44. The van der Waals surface area contributed by atoms with E-state index in [1.54, 1.807) is 0 Å². The van der Waals surface area contributed by atoms with E-state index in [2.05, 4.69) is 41.9 Å². The lowest BCUT2D eigenvalue weighted by Gasteiger charge is -2.24. The normalized spacial score (nSPS) is 19.9. The van der Waals surface area contributed by atoms with E-state index in [1.807, 2.05) is 18.2 Å². The van der Waals surface area contributed by atoms with Crippen LogP contribution < -0.4 is 16.0 Å². The summed E-state index contributed by atoms with van der Waals surface area (Å²) in [6.45, 7) is 5.94. The summed E-state index contributed by atoms with van der Waals surface area (Å²) >= 11 is 0. The first-order valence-electron chi connectivity index (χ1n) is 7.49. The molecule has 1 aromatic carbocycles. The molecule has 1 saturated heterocycles. The van der Waals surface area contributed by atoms with Crippen molar-refractivity contribution < 1.29 is 4.79 Å². The van der Waals surface area contributed by atoms with Crippen molar-refractivity contribution in [3.63, 3.8) is 0 Å². The Morgan fingerprint density at radius 1 is 1.35 bits per heavy atom. The maximum Gasteiger partial charge on any atom is 0.237 e. The van der Waals surface area contributed by atoms with E-state index in [1.165, 1.54) is 0 Å². The Labute approximate surface area is 121 Å². The second-order valence-electron chi connectivity index (χ2n) is 5.75.